The van der Waals surface area contributed by atoms with Crippen LogP contribution in [0.1, 0.15) is 0 Å². The molecule has 0 saturated carbocycles. The molecular formula is C5H14N2O4. The SMILES string of the molecule is COC(CONN)(OC)OC. The summed E-state index contributed by atoms with van der Waals surface area (Å²) in [6.45, 7) is 0.0347. The zero-order valence-electron chi connectivity index (χ0n) is 6.92. The summed E-state index contributed by atoms with van der Waals surface area (Å²) in [7, 11) is 4.31. The highest BCUT2D eigenvalue weighted by molar-refractivity contribution is 4.50. The van der Waals surface area contributed by atoms with Gasteiger partial charge in [0.05, 0.1) is 0 Å². The predicted molar refractivity (Wildman–Crippen MR) is 37.0 cm³/mol. The molecule has 0 radical (unpaired) electrons. The van der Waals surface area contributed by atoms with Crippen LogP contribution in [0.25, 0.3) is 0 Å². The molecule has 0 aromatic heterocycles. The van der Waals surface area contributed by atoms with Gasteiger partial charge in [0.25, 0.3) is 0 Å². The summed E-state index contributed by atoms with van der Waals surface area (Å²) in [6.07, 6.45) is 0. The molecule has 0 aliphatic carbocycles. The van der Waals surface area contributed by atoms with E-state index in [1.54, 1.807) is 0 Å². The van der Waals surface area contributed by atoms with Crippen LogP contribution in [-0.2, 0) is 19.0 Å². The first-order valence-electron chi connectivity index (χ1n) is 2.97. The molecule has 3 N–H and O–H groups in total. The molecule has 68 valence electrons. The lowest BCUT2D eigenvalue weighted by molar-refractivity contribution is -0.372. The predicted octanol–water partition coefficient (Wildman–Crippen LogP) is -1.03. The summed E-state index contributed by atoms with van der Waals surface area (Å²) in [5, 5.41) is 0. The number of hydrogen-bond donors (Lipinski definition) is 2. The van der Waals surface area contributed by atoms with Crippen LogP contribution in [0, 0.1) is 0 Å². The van der Waals surface area contributed by atoms with Crippen LogP contribution in [0.5, 0.6) is 0 Å². The molecule has 0 fully saturated rings. The summed E-state index contributed by atoms with van der Waals surface area (Å²) in [5.74, 6) is 3.67. The monoisotopic (exact) mass is 166 g/mol. The molecule has 6 nitrogen and oxygen atoms in total. The lowest BCUT2D eigenvalue weighted by Crippen LogP contribution is -2.43. The first-order chi connectivity index (χ1) is 5.24. The van der Waals surface area contributed by atoms with Crippen molar-refractivity contribution in [2.24, 2.45) is 5.84 Å². The Bertz CT molecular complexity index is 88.2. The summed E-state index contributed by atoms with van der Waals surface area (Å²) >= 11 is 0. The van der Waals surface area contributed by atoms with E-state index in [4.69, 9.17) is 20.1 Å². The minimum absolute atomic E-state index is 0.0347. The Balaban J connectivity index is 3.84. The van der Waals surface area contributed by atoms with E-state index in [0.29, 0.717) is 0 Å². The first-order valence-corrected chi connectivity index (χ1v) is 2.97. The van der Waals surface area contributed by atoms with Gasteiger partial charge in [0.2, 0.25) is 0 Å². The second-order valence-electron chi connectivity index (χ2n) is 1.70. The first kappa shape index (κ1) is 10.8. The molecule has 0 unspecified atom stereocenters. The Kier molecular flexibility index (Phi) is 5.30. The molecule has 0 aromatic carbocycles. The van der Waals surface area contributed by atoms with E-state index in [9.17, 15) is 0 Å². The van der Waals surface area contributed by atoms with Gasteiger partial charge in [-0.2, -0.15) is 0 Å². The van der Waals surface area contributed by atoms with Crippen LogP contribution in [0.3, 0.4) is 0 Å². The molecule has 0 aromatic rings. The van der Waals surface area contributed by atoms with Crippen molar-refractivity contribution in [3.05, 3.63) is 0 Å². The van der Waals surface area contributed by atoms with Gasteiger partial charge >= 0.3 is 5.97 Å². The molecule has 0 heterocycles. The number of rotatable bonds is 6. The van der Waals surface area contributed by atoms with Gasteiger partial charge in [0.15, 0.2) is 6.61 Å². The molecule has 0 amide bonds. The molecule has 0 bridgehead atoms. The van der Waals surface area contributed by atoms with Gasteiger partial charge in [-0.25, -0.2) is 5.84 Å². The van der Waals surface area contributed by atoms with Crippen LogP contribution >= 0.6 is 0 Å². The fourth-order valence-corrected chi connectivity index (χ4v) is 0.557. The standard InChI is InChI=1S/C5H14N2O4/c1-8-5(9-2,10-3)4-11-7-6/h7H,4,6H2,1-3H3. The normalized spacial score (nSPS) is 12.0. The second kappa shape index (κ2) is 5.42. The Labute approximate surface area is 65.5 Å². The Hall–Kier alpha value is -0.240. The van der Waals surface area contributed by atoms with Crippen molar-refractivity contribution in [1.29, 1.82) is 0 Å². The highest BCUT2D eigenvalue weighted by Gasteiger charge is 2.30. The Morgan fingerprint density at radius 2 is 1.64 bits per heavy atom. The largest absolute Gasteiger partial charge is 0.329 e. The Morgan fingerprint density at radius 1 is 1.18 bits per heavy atom. The molecular weight excluding hydrogens is 152 g/mol. The van der Waals surface area contributed by atoms with Gasteiger partial charge in [-0.1, -0.05) is 0 Å². The number of ether oxygens (including phenoxy) is 3. The van der Waals surface area contributed by atoms with E-state index in [2.05, 4.69) is 4.84 Å². The second-order valence-corrected chi connectivity index (χ2v) is 1.70. The summed E-state index contributed by atoms with van der Waals surface area (Å²) in [5.41, 5.74) is 1.99. The van der Waals surface area contributed by atoms with Gasteiger partial charge in [0.1, 0.15) is 0 Å². The summed E-state index contributed by atoms with van der Waals surface area (Å²) in [4.78, 5) is 4.62. The molecule has 11 heavy (non-hydrogen) atoms. The molecule has 0 aliphatic heterocycles. The molecule has 0 rings (SSSR count). The lowest BCUT2D eigenvalue weighted by Gasteiger charge is -2.27. The van der Waals surface area contributed by atoms with E-state index in [0.717, 1.165) is 0 Å². The van der Waals surface area contributed by atoms with Gasteiger partial charge < -0.3 is 14.2 Å². The van der Waals surface area contributed by atoms with Gasteiger partial charge in [-0.3, -0.25) is 4.84 Å². The third-order valence-corrected chi connectivity index (χ3v) is 1.27. The fourth-order valence-electron chi connectivity index (χ4n) is 0.557. The lowest BCUT2D eigenvalue weighted by atomic mass is 10.6. The van der Waals surface area contributed by atoms with Crippen LogP contribution in [0.2, 0.25) is 0 Å². The minimum atomic E-state index is -1.19. The average molecular weight is 166 g/mol. The average Bonchev–Trinajstić information content (AvgIpc) is 2.08. The third-order valence-electron chi connectivity index (χ3n) is 1.27. The van der Waals surface area contributed by atoms with Crippen molar-refractivity contribution < 1.29 is 19.0 Å². The molecule has 0 atom stereocenters. The van der Waals surface area contributed by atoms with E-state index < -0.39 is 5.97 Å². The summed E-state index contributed by atoms with van der Waals surface area (Å²) in [6, 6.07) is 0. The highest BCUT2D eigenvalue weighted by Crippen LogP contribution is 2.10. The van der Waals surface area contributed by atoms with E-state index in [1.807, 2.05) is 5.59 Å². The van der Waals surface area contributed by atoms with Crippen molar-refractivity contribution >= 4 is 0 Å². The molecule has 0 spiro atoms. The summed E-state index contributed by atoms with van der Waals surface area (Å²) < 4.78 is 14.6. The van der Waals surface area contributed by atoms with Crippen molar-refractivity contribution in [2.75, 3.05) is 27.9 Å². The number of nitrogens with two attached hydrogens (primary N) is 1. The van der Waals surface area contributed by atoms with Crippen molar-refractivity contribution in [2.45, 2.75) is 5.97 Å². The van der Waals surface area contributed by atoms with Gasteiger partial charge in [-0.15, -0.1) is 5.59 Å². The number of hydrogen-bond acceptors (Lipinski definition) is 6. The van der Waals surface area contributed by atoms with Crippen LogP contribution in [0.15, 0.2) is 0 Å². The maximum atomic E-state index is 4.87. The molecule has 0 saturated heterocycles. The van der Waals surface area contributed by atoms with Crippen molar-refractivity contribution in [3.63, 3.8) is 0 Å². The van der Waals surface area contributed by atoms with Gasteiger partial charge in [-0.05, 0) is 0 Å². The molecule has 6 heteroatoms. The smallest absolute Gasteiger partial charge is 0.309 e. The van der Waals surface area contributed by atoms with E-state index >= 15 is 0 Å². The maximum absolute atomic E-state index is 4.87. The van der Waals surface area contributed by atoms with Crippen molar-refractivity contribution in [1.82, 2.24) is 5.59 Å². The number of methoxy groups -OCH3 is 3. The van der Waals surface area contributed by atoms with Crippen LogP contribution in [-0.4, -0.2) is 33.9 Å². The molecule has 0 aliphatic rings. The van der Waals surface area contributed by atoms with Gasteiger partial charge in [0, 0.05) is 21.3 Å². The van der Waals surface area contributed by atoms with E-state index in [-0.39, 0.29) is 6.61 Å². The topological polar surface area (TPSA) is 75.0 Å². The maximum Gasteiger partial charge on any atom is 0.309 e. The quantitative estimate of drug-likeness (QED) is 0.299. The third kappa shape index (κ3) is 3.10. The minimum Gasteiger partial charge on any atom is -0.329 e. The van der Waals surface area contributed by atoms with Crippen LogP contribution in [0.4, 0.5) is 0 Å². The zero-order valence-corrected chi connectivity index (χ0v) is 6.92. The number of hydrazine groups is 1. The highest BCUT2D eigenvalue weighted by atomic mass is 16.9. The van der Waals surface area contributed by atoms with Crippen molar-refractivity contribution in [3.8, 4) is 0 Å². The van der Waals surface area contributed by atoms with Crippen LogP contribution < -0.4 is 11.4 Å². The zero-order chi connectivity index (χ0) is 8.74. The Morgan fingerprint density at radius 3 is 1.91 bits per heavy atom. The van der Waals surface area contributed by atoms with E-state index in [1.165, 1.54) is 21.3 Å². The fraction of sp³-hybridized carbons (Fsp3) is 1.00. The number of nitrogens with one attached hydrogen (secondary N) is 1.